The predicted molar refractivity (Wildman–Crippen MR) is 87.4 cm³/mol. The molecule has 106 valence electrons. The summed E-state index contributed by atoms with van der Waals surface area (Å²) in [4.78, 5) is 0. The van der Waals surface area contributed by atoms with Crippen molar-refractivity contribution in [1.29, 1.82) is 0 Å². The van der Waals surface area contributed by atoms with E-state index in [1.54, 1.807) is 7.11 Å². The molecule has 0 aromatic heterocycles. The number of methoxy groups -OCH3 is 1. The Morgan fingerprint density at radius 3 is 2.45 bits per heavy atom. The summed E-state index contributed by atoms with van der Waals surface area (Å²) < 4.78 is 6.42. The van der Waals surface area contributed by atoms with Gasteiger partial charge in [-0.2, -0.15) is 0 Å². The Bertz CT molecular complexity index is 566. The molecule has 1 atom stereocenters. The summed E-state index contributed by atoms with van der Waals surface area (Å²) in [6.07, 6.45) is 0.947. The third-order valence-corrected chi connectivity index (χ3v) is 4.21. The largest absolute Gasteiger partial charge is 0.497 e. The van der Waals surface area contributed by atoms with Gasteiger partial charge in [0.15, 0.2) is 0 Å². The first kappa shape index (κ1) is 15.1. The van der Waals surface area contributed by atoms with Crippen LogP contribution in [0.1, 0.15) is 22.7 Å². The van der Waals surface area contributed by atoms with Gasteiger partial charge >= 0.3 is 0 Å². The molecule has 0 fully saturated rings. The van der Waals surface area contributed by atoms with Crippen molar-refractivity contribution < 1.29 is 4.74 Å². The SMILES string of the molecule is CNC(Cc1ccc(C)cc1)c1cc(OC)ccc1Br. The Balaban J connectivity index is 2.25. The number of ether oxygens (including phenoxy) is 1. The molecule has 0 saturated carbocycles. The van der Waals surface area contributed by atoms with Gasteiger partial charge in [0.2, 0.25) is 0 Å². The normalized spacial score (nSPS) is 12.2. The van der Waals surface area contributed by atoms with E-state index in [1.807, 2.05) is 19.2 Å². The molecule has 20 heavy (non-hydrogen) atoms. The summed E-state index contributed by atoms with van der Waals surface area (Å²) in [6, 6.07) is 15.0. The minimum Gasteiger partial charge on any atom is -0.497 e. The van der Waals surface area contributed by atoms with Crippen molar-refractivity contribution >= 4 is 15.9 Å². The van der Waals surface area contributed by atoms with Crippen LogP contribution in [0.2, 0.25) is 0 Å². The van der Waals surface area contributed by atoms with Crippen molar-refractivity contribution in [1.82, 2.24) is 5.32 Å². The number of halogens is 1. The number of rotatable bonds is 5. The minimum absolute atomic E-state index is 0.252. The first-order chi connectivity index (χ1) is 9.63. The number of hydrogen-bond donors (Lipinski definition) is 1. The van der Waals surface area contributed by atoms with Gasteiger partial charge in [-0.15, -0.1) is 0 Å². The van der Waals surface area contributed by atoms with Gasteiger partial charge in [-0.05, 0) is 49.7 Å². The zero-order valence-corrected chi connectivity index (χ0v) is 13.7. The lowest BCUT2D eigenvalue weighted by Crippen LogP contribution is -2.19. The van der Waals surface area contributed by atoms with Gasteiger partial charge in [0.05, 0.1) is 7.11 Å². The molecule has 0 aliphatic rings. The van der Waals surface area contributed by atoms with Crippen LogP contribution in [0.5, 0.6) is 5.75 Å². The third-order valence-electron chi connectivity index (χ3n) is 3.49. The van der Waals surface area contributed by atoms with Crippen molar-refractivity contribution in [3.8, 4) is 5.75 Å². The van der Waals surface area contributed by atoms with Crippen LogP contribution in [0.4, 0.5) is 0 Å². The maximum absolute atomic E-state index is 5.32. The first-order valence-corrected chi connectivity index (χ1v) is 7.49. The van der Waals surface area contributed by atoms with Gasteiger partial charge in [0.1, 0.15) is 5.75 Å². The molecule has 2 aromatic carbocycles. The molecule has 1 N–H and O–H groups in total. The van der Waals surface area contributed by atoms with Crippen molar-refractivity contribution in [3.63, 3.8) is 0 Å². The number of likely N-dealkylation sites (N-methyl/N-ethyl adjacent to an activating group) is 1. The number of benzene rings is 2. The van der Waals surface area contributed by atoms with E-state index in [0.717, 1.165) is 16.6 Å². The highest BCUT2D eigenvalue weighted by atomic mass is 79.9. The van der Waals surface area contributed by atoms with E-state index in [-0.39, 0.29) is 6.04 Å². The van der Waals surface area contributed by atoms with Crippen LogP contribution in [0.25, 0.3) is 0 Å². The Morgan fingerprint density at radius 1 is 1.15 bits per heavy atom. The fourth-order valence-corrected chi connectivity index (χ4v) is 2.77. The molecule has 0 amide bonds. The molecule has 1 unspecified atom stereocenters. The summed E-state index contributed by atoms with van der Waals surface area (Å²) in [7, 11) is 3.69. The second-order valence-electron chi connectivity index (χ2n) is 4.92. The molecule has 3 heteroatoms. The van der Waals surface area contributed by atoms with Crippen LogP contribution < -0.4 is 10.1 Å². The lowest BCUT2D eigenvalue weighted by Gasteiger charge is -2.19. The third kappa shape index (κ3) is 3.62. The quantitative estimate of drug-likeness (QED) is 0.882. The summed E-state index contributed by atoms with van der Waals surface area (Å²) in [5.74, 6) is 0.882. The fraction of sp³-hybridized carbons (Fsp3) is 0.294. The maximum atomic E-state index is 5.32. The van der Waals surface area contributed by atoms with Crippen LogP contribution in [0.3, 0.4) is 0 Å². The summed E-state index contributed by atoms with van der Waals surface area (Å²) in [6.45, 7) is 2.11. The van der Waals surface area contributed by atoms with Crippen LogP contribution >= 0.6 is 15.9 Å². The molecule has 2 rings (SSSR count). The average molecular weight is 334 g/mol. The molecular weight excluding hydrogens is 314 g/mol. The lowest BCUT2D eigenvalue weighted by atomic mass is 9.98. The molecule has 0 spiro atoms. The van der Waals surface area contributed by atoms with Crippen molar-refractivity contribution in [2.75, 3.05) is 14.2 Å². The molecule has 0 saturated heterocycles. The minimum atomic E-state index is 0.252. The molecule has 0 aliphatic heterocycles. The van der Waals surface area contributed by atoms with E-state index in [2.05, 4.69) is 58.5 Å². The second kappa shape index (κ2) is 6.91. The molecule has 0 radical (unpaired) electrons. The molecule has 0 aliphatic carbocycles. The number of nitrogens with one attached hydrogen (secondary N) is 1. The predicted octanol–water partition coefficient (Wildman–Crippen LogP) is 4.27. The van der Waals surface area contributed by atoms with E-state index >= 15 is 0 Å². The molecule has 2 aromatic rings. The standard InChI is InChI=1S/C17H20BrNO/c1-12-4-6-13(7-5-12)10-17(19-2)15-11-14(20-3)8-9-16(15)18/h4-9,11,17,19H,10H2,1-3H3. The Kier molecular flexibility index (Phi) is 5.21. The summed E-state index contributed by atoms with van der Waals surface area (Å²) in [5, 5.41) is 3.39. The molecule has 0 heterocycles. The van der Waals surface area contributed by atoms with Crippen LogP contribution in [0, 0.1) is 6.92 Å². The van der Waals surface area contributed by atoms with E-state index in [0.29, 0.717) is 0 Å². The Labute approximate surface area is 129 Å². The van der Waals surface area contributed by atoms with Crippen molar-refractivity contribution in [2.45, 2.75) is 19.4 Å². The smallest absolute Gasteiger partial charge is 0.119 e. The molecule has 0 bridgehead atoms. The van der Waals surface area contributed by atoms with Gasteiger partial charge < -0.3 is 10.1 Å². The summed E-state index contributed by atoms with van der Waals surface area (Å²) >= 11 is 3.63. The monoisotopic (exact) mass is 333 g/mol. The van der Waals surface area contributed by atoms with Crippen molar-refractivity contribution in [2.24, 2.45) is 0 Å². The number of hydrogen-bond acceptors (Lipinski definition) is 2. The van der Waals surface area contributed by atoms with Crippen molar-refractivity contribution in [3.05, 3.63) is 63.6 Å². The van der Waals surface area contributed by atoms with E-state index in [4.69, 9.17) is 4.74 Å². The highest BCUT2D eigenvalue weighted by molar-refractivity contribution is 9.10. The summed E-state index contributed by atoms with van der Waals surface area (Å²) in [5.41, 5.74) is 3.83. The molecular formula is C17H20BrNO. The first-order valence-electron chi connectivity index (χ1n) is 6.70. The average Bonchev–Trinajstić information content (AvgIpc) is 2.47. The van der Waals surface area contributed by atoms with Crippen LogP contribution in [-0.4, -0.2) is 14.2 Å². The second-order valence-corrected chi connectivity index (χ2v) is 5.77. The molecule has 2 nitrogen and oxygen atoms in total. The fourth-order valence-electron chi connectivity index (χ4n) is 2.24. The highest BCUT2D eigenvalue weighted by Gasteiger charge is 2.14. The number of aryl methyl sites for hydroxylation is 1. The van der Waals surface area contributed by atoms with Gasteiger partial charge in [0.25, 0.3) is 0 Å². The highest BCUT2D eigenvalue weighted by Crippen LogP contribution is 2.29. The zero-order valence-electron chi connectivity index (χ0n) is 12.1. The topological polar surface area (TPSA) is 21.3 Å². The van der Waals surface area contributed by atoms with E-state index < -0.39 is 0 Å². The van der Waals surface area contributed by atoms with Crippen LogP contribution in [0.15, 0.2) is 46.9 Å². The Hall–Kier alpha value is -1.32. The lowest BCUT2D eigenvalue weighted by molar-refractivity contribution is 0.413. The van der Waals surface area contributed by atoms with Gasteiger partial charge in [0, 0.05) is 10.5 Å². The van der Waals surface area contributed by atoms with E-state index in [9.17, 15) is 0 Å². The van der Waals surface area contributed by atoms with E-state index in [1.165, 1.54) is 16.7 Å². The Morgan fingerprint density at radius 2 is 1.85 bits per heavy atom. The van der Waals surface area contributed by atoms with Gasteiger partial charge in [-0.1, -0.05) is 45.8 Å². The van der Waals surface area contributed by atoms with Gasteiger partial charge in [-0.25, -0.2) is 0 Å². The zero-order chi connectivity index (χ0) is 14.5. The van der Waals surface area contributed by atoms with Gasteiger partial charge in [-0.3, -0.25) is 0 Å². The van der Waals surface area contributed by atoms with Crippen LogP contribution in [-0.2, 0) is 6.42 Å². The maximum Gasteiger partial charge on any atom is 0.119 e.